The number of ether oxygens (including phenoxy) is 1. The van der Waals surface area contributed by atoms with Crippen LogP contribution >= 0.6 is 0 Å². The van der Waals surface area contributed by atoms with Crippen LogP contribution in [0.1, 0.15) is 47.4 Å². The van der Waals surface area contributed by atoms with Crippen molar-refractivity contribution in [2.24, 2.45) is 0 Å². The summed E-state index contributed by atoms with van der Waals surface area (Å²) in [5.74, 6) is -2.78. The Balaban J connectivity index is 1.42. The lowest BCUT2D eigenvalue weighted by Gasteiger charge is -2.22. The number of rotatable bonds is 5. The molecule has 5 rings (SSSR count). The number of pyridine rings is 1. The van der Waals surface area contributed by atoms with Gasteiger partial charge in [0, 0.05) is 18.7 Å². The third-order valence-electron chi connectivity index (χ3n) is 5.75. The summed E-state index contributed by atoms with van der Waals surface area (Å²) in [5.41, 5.74) is 2.63. The van der Waals surface area contributed by atoms with Crippen LogP contribution in [0.5, 0.6) is 5.88 Å². The zero-order chi connectivity index (χ0) is 23.8. The second-order valence-electron chi connectivity index (χ2n) is 8.06. The van der Waals surface area contributed by atoms with Crippen LogP contribution in [0, 0.1) is 24.4 Å². The van der Waals surface area contributed by atoms with Crippen molar-refractivity contribution in [3.05, 3.63) is 82.8 Å². The van der Waals surface area contributed by atoms with Gasteiger partial charge in [-0.25, -0.2) is 32.8 Å². The van der Waals surface area contributed by atoms with Gasteiger partial charge < -0.3 is 9.30 Å². The van der Waals surface area contributed by atoms with E-state index in [0.29, 0.717) is 41.8 Å². The predicted molar refractivity (Wildman–Crippen MR) is 119 cm³/mol. The fourth-order valence-electron chi connectivity index (χ4n) is 4.13. The van der Waals surface area contributed by atoms with Gasteiger partial charge >= 0.3 is 0 Å². The van der Waals surface area contributed by atoms with Crippen molar-refractivity contribution in [3.63, 3.8) is 0 Å². The molecular formula is C24H21F3N6O. The monoisotopic (exact) mass is 466 g/mol. The summed E-state index contributed by atoms with van der Waals surface area (Å²) < 4.78 is 50.0. The highest BCUT2D eigenvalue weighted by Crippen LogP contribution is 2.33. The second kappa shape index (κ2) is 8.77. The molecule has 174 valence electrons. The topological polar surface area (TPSA) is 70.7 Å². The standard InChI is InChI=1S/C24H21F3N6O/c1-14-12-32(13-28-14)20-7-5-16(29-24(20)34-2)6-8-21-30-23-17(4-3-9-33(23)31-21)15-10-18(25)22(27)19(26)11-15/h5-8,10-13,17H,3-4,9H2,1-2H3/b8-6+. The van der Waals surface area contributed by atoms with Gasteiger partial charge in [0.1, 0.15) is 11.5 Å². The van der Waals surface area contributed by atoms with Crippen LogP contribution in [-0.4, -0.2) is 36.4 Å². The van der Waals surface area contributed by atoms with Gasteiger partial charge in [-0.2, -0.15) is 5.10 Å². The number of hydrogen-bond donors (Lipinski definition) is 0. The molecule has 4 heterocycles. The molecule has 0 aliphatic carbocycles. The molecule has 1 aromatic carbocycles. The Labute approximate surface area is 193 Å². The zero-order valence-electron chi connectivity index (χ0n) is 18.5. The number of imidazole rings is 1. The van der Waals surface area contributed by atoms with Gasteiger partial charge in [0.2, 0.25) is 5.88 Å². The van der Waals surface area contributed by atoms with E-state index in [1.807, 2.05) is 29.8 Å². The highest BCUT2D eigenvalue weighted by atomic mass is 19.2. The van der Waals surface area contributed by atoms with Crippen LogP contribution in [0.3, 0.4) is 0 Å². The van der Waals surface area contributed by atoms with Crippen LogP contribution < -0.4 is 4.74 Å². The summed E-state index contributed by atoms with van der Waals surface area (Å²) in [4.78, 5) is 13.3. The van der Waals surface area contributed by atoms with Gasteiger partial charge in [-0.1, -0.05) is 0 Å². The molecule has 1 atom stereocenters. The fourth-order valence-corrected chi connectivity index (χ4v) is 4.13. The molecule has 0 fully saturated rings. The molecule has 1 unspecified atom stereocenters. The number of benzene rings is 1. The summed E-state index contributed by atoms with van der Waals surface area (Å²) in [6.07, 6.45) is 8.46. The minimum absolute atomic E-state index is 0.344. The molecule has 0 N–H and O–H groups in total. The van der Waals surface area contributed by atoms with Gasteiger partial charge in [-0.05, 0) is 61.7 Å². The van der Waals surface area contributed by atoms with E-state index in [-0.39, 0.29) is 5.92 Å². The largest absolute Gasteiger partial charge is 0.479 e. The Hall–Kier alpha value is -3.95. The Bertz CT molecular complexity index is 1370. The number of methoxy groups -OCH3 is 1. The maximum atomic E-state index is 13.8. The SMILES string of the molecule is COc1nc(/C=C/c2nc3n(n2)CCCC3c2cc(F)c(F)c(F)c2)ccc1-n1cnc(C)c1. The van der Waals surface area contributed by atoms with Crippen LogP contribution in [0.15, 0.2) is 36.8 Å². The summed E-state index contributed by atoms with van der Waals surface area (Å²) in [6, 6.07) is 5.78. The fraction of sp³-hybridized carbons (Fsp3) is 0.250. The lowest BCUT2D eigenvalue weighted by Crippen LogP contribution is -2.18. The van der Waals surface area contributed by atoms with Crippen LogP contribution in [0.4, 0.5) is 13.2 Å². The van der Waals surface area contributed by atoms with Gasteiger partial charge in [-0.3, -0.25) is 0 Å². The molecule has 1 aliphatic heterocycles. The number of fused-ring (bicyclic) bond motifs is 1. The number of halogens is 3. The van der Waals surface area contributed by atoms with Gasteiger partial charge in [-0.15, -0.1) is 0 Å². The summed E-state index contributed by atoms with van der Waals surface area (Å²) in [5, 5.41) is 4.50. The van der Waals surface area contributed by atoms with Crippen molar-refractivity contribution in [1.82, 2.24) is 29.3 Å². The molecule has 0 radical (unpaired) electrons. The quantitative estimate of drug-likeness (QED) is 0.399. The molecule has 0 bridgehead atoms. The normalized spacial score (nSPS) is 15.6. The molecule has 0 saturated heterocycles. The molecule has 3 aromatic heterocycles. The van der Waals surface area contributed by atoms with Crippen LogP contribution in [0.2, 0.25) is 0 Å². The molecule has 34 heavy (non-hydrogen) atoms. The van der Waals surface area contributed by atoms with E-state index in [2.05, 4.69) is 20.1 Å². The second-order valence-corrected chi connectivity index (χ2v) is 8.06. The van der Waals surface area contributed by atoms with Gasteiger partial charge in [0.15, 0.2) is 23.3 Å². The van der Waals surface area contributed by atoms with E-state index >= 15 is 0 Å². The molecule has 10 heteroatoms. The van der Waals surface area contributed by atoms with Crippen molar-refractivity contribution in [3.8, 4) is 11.6 Å². The van der Waals surface area contributed by atoms with Gasteiger partial charge in [0.25, 0.3) is 0 Å². The average Bonchev–Trinajstić information content (AvgIpc) is 3.46. The first-order valence-corrected chi connectivity index (χ1v) is 10.8. The van der Waals surface area contributed by atoms with E-state index in [0.717, 1.165) is 29.9 Å². The zero-order valence-corrected chi connectivity index (χ0v) is 18.5. The number of aromatic nitrogens is 6. The first kappa shape index (κ1) is 21.9. The molecule has 7 nitrogen and oxygen atoms in total. The lowest BCUT2D eigenvalue weighted by atomic mass is 9.91. The summed E-state index contributed by atoms with van der Waals surface area (Å²) >= 11 is 0. The number of nitrogens with zero attached hydrogens (tertiary/aromatic N) is 6. The Morgan fingerprint density at radius 1 is 1.09 bits per heavy atom. The minimum Gasteiger partial charge on any atom is -0.479 e. The molecular weight excluding hydrogens is 445 g/mol. The van der Waals surface area contributed by atoms with E-state index in [1.54, 1.807) is 30.3 Å². The number of hydrogen-bond acceptors (Lipinski definition) is 5. The molecule has 0 amide bonds. The van der Waals surface area contributed by atoms with E-state index in [4.69, 9.17) is 4.74 Å². The Kier molecular flexibility index (Phi) is 5.64. The molecule has 1 aliphatic rings. The van der Waals surface area contributed by atoms with Crippen molar-refractivity contribution in [1.29, 1.82) is 0 Å². The number of aryl methyl sites for hydroxylation is 2. The molecule has 0 spiro atoms. The molecule has 4 aromatic rings. The van der Waals surface area contributed by atoms with Crippen molar-refractivity contribution >= 4 is 12.2 Å². The Morgan fingerprint density at radius 3 is 2.59 bits per heavy atom. The van der Waals surface area contributed by atoms with E-state index in [9.17, 15) is 13.2 Å². The molecule has 0 saturated carbocycles. The van der Waals surface area contributed by atoms with Crippen LogP contribution in [-0.2, 0) is 6.54 Å². The van der Waals surface area contributed by atoms with E-state index in [1.165, 1.54) is 0 Å². The first-order chi connectivity index (χ1) is 16.4. The van der Waals surface area contributed by atoms with Crippen LogP contribution in [0.25, 0.3) is 17.8 Å². The summed E-state index contributed by atoms with van der Waals surface area (Å²) in [7, 11) is 1.55. The third kappa shape index (κ3) is 4.07. The highest BCUT2D eigenvalue weighted by Gasteiger charge is 2.27. The maximum absolute atomic E-state index is 13.8. The van der Waals surface area contributed by atoms with Crippen molar-refractivity contribution < 1.29 is 17.9 Å². The van der Waals surface area contributed by atoms with Crippen molar-refractivity contribution in [2.75, 3.05) is 7.11 Å². The highest BCUT2D eigenvalue weighted by molar-refractivity contribution is 5.65. The predicted octanol–water partition coefficient (Wildman–Crippen LogP) is 4.69. The van der Waals surface area contributed by atoms with E-state index < -0.39 is 17.5 Å². The van der Waals surface area contributed by atoms with Crippen molar-refractivity contribution in [2.45, 2.75) is 32.2 Å². The Morgan fingerprint density at radius 2 is 1.88 bits per heavy atom. The first-order valence-electron chi connectivity index (χ1n) is 10.8. The smallest absolute Gasteiger partial charge is 0.238 e. The summed E-state index contributed by atoms with van der Waals surface area (Å²) in [6.45, 7) is 2.54. The third-order valence-corrected chi connectivity index (χ3v) is 5.75. The average molecular weight is 466 g/mol. The van der Waals surface area contributed by atoms with Gasteiger partial charge in [0.05, 0.1) is 24.8 Å². The lowest BCUT2D eigenvalue weighted by molar-refractivity contribution is 0.395. The minimum atomic E-state index is -1.47. The maximum Gasteiger partial charge on any atom is 0.238 e.